The number of hydrogen-bond acceptors (Lipinski definition) is 2. The largest absolute Gasteiger partial charge is 0.308 e. The van der Waals surface area contributed by atoms with Crippen molar-refractivity contribution in [3.05, 3.63) is 259 Å². The van der Waals surface area contributed by atoms with E-state index in [1.165, 1.54) is 56.6 Å². The highest BCUT2D eigenvalue weighted by Gasteiger charge is 2.53. The summed E-state index contributed by atoms with van der Waals surface area (Å²) in [7, 11) is 0. The second-order valence-corrected chi connectivity index (χ2v) is 15.8. The molecule has 0 amide bonds. The van der Waals surface area contributed by atoms with Crippen molar-refractivity contribution in [2.75, 3.05) is 9.80 Å². The Hall–Kier alpha value is -7.82. The zero-order valence-corrected chi connectivity index (χ0v) is 34.1. The van der Waals surface area contributed by atoms with Crippen molar-refractivity contribution in [2.24, 2.45) is 0 Å². The first-order valence-electron chi connectivity index (χ1n) is 21.0. The summed E-state index contributed by atoms with van der Waals surface area (Å²) in [5, 5.41) is 4.37. The highest BCUT2D eigenvalue weighted by molar-refractivity contribution is 6.10. The molecule has 0 N–H and O–H groups in total. The number of nitrogens with zero attached hydrogens (tertiary/aromatic N) is 2. The lowest BCUT2D eigenvalue weighted by Gasteiger charge is -2.33. The molecule has 2 aliphatic carbocycles. The summed E-state index contributed by atoms with van der Waals surface area (Å²) >= 11 is 0. The quantitative estimate of drug-likeness (QED) is 0.141. The summed E-state index contributed by atoms with van der Waals surface area (Å²) in [6.45, 7) is 5.63. The molecule has 0 unspecified atom stereocenters. The smallest absolute Gasteiger partial charge is 0.147 e. The zero-order valence-electron chi connectivity index (χ0n) is 34.1. The zero-order chi connectivity index (χ0) is 42.0. The molecule has 2 aliphatic rings. The number of allylic oxidation sites excluding steroid dienone is 4. The van der Waals surface area contributed by atoms with E-state index >= 15 is 8.78 Å². The van der Waals surface area contributed by atoms with Crippen LogP contribution in [0.4, 0.5) is 37.2 Å². The maximum atomic E-state index is 15.8. The van der Waals surface area contributed by atoms with Gasteiger partial charge in [0.1, 0.15) is 11.6 Å². The number of halogens is 2. The van der Waals surface area contributed by atoms with Gasteiger partial charge in [0.15, 0.2) is 0 Å². The van der Waals surface area contributed by atoms with Crippen molar-refractivity contribution in [3.63, 3.8) is 0 Å². The molecule has 296 valence electrons. The van der Waals surface area contributed by atoms with Crippen LogP contribution in [0.1, 0.15) is 29.2 Å². The fourth-order valence-electron chi connectivity index (χ4n) is 10.2. The molecular formula is C58H40F2N2. The maximum Gasteiger partial charge on any atom is 0.147 e. The molecular weight excluding hydrogens is 763 g/mol. The Bertz CT molecular complexity index is 3260. The molecule has 0 saturated heterocycles. The predicted octanol–water partition coefficient (Wildman–Crippen LogP) is 16.0. The second-order valence-electron chi connectivity index (χ2n) is 15.8. The molecule has 4 heteroatoms. The standard InChI is InChI=1S/C58H40F2N2/c1-3-17-54(52(59)4-2)61(40-18-7-5-8-19-40)42-30-34-44-38(36-42)28-32-48-49-33-29-39-37-43(62(41-20-9-6-10-21-41)55-27-16-15-26-53(55)60)31-35-45(39)57(49)58(56(44)48)50-24-13-11-22-46(50)47-23-12-14-25-51(47)58/h3-37H,1H2,2H3/b52-4+,54-17+. The van der Waals surface area contributed by atoms with Crippen LogP contribution in [0.15, 0.2) is 230 Å². The topological polar surface area (TPSA) is 6.48 Å². The molecule has 0 radical (unpaired) electrons. The van der Waals surface area contributed by atoms with Gasteiger partial charge in [0, 0.05) is 22.7 Å². The molecule has 0 aromatic heterocycles. The van der Waals surface area contributed by atoms with E-state index in [9.17, 15) is 0 Å². The Balaban J connectivity index is 1.18. The van der Waals surface area contributed by atoms with Crippen molar-refractivity contribution in [3.8, 4) is 22.3 Å². The first-order chi connectivity index (χ1) is 30.5. The van der Waals surface area contributed by atoms with Crippen LogP contribution >= 0.6 is 0 Å². The summed E-state index contributed by atoms with van der Waals surface area (Å²) in [4.78, 5) is 3.95. The average molecular weight is 803 g/mol. The Morgan fingerprint density at radius 2 is 1.03 bits per heavy atom. The van der Waals surface area contributed by atoms with Crippen LogP contribution in [0.25, 0.3) is 43.8 Å². The van der Waals surface area contributed by atoms with E-state index < -0.39 is 5.41 Å². The Labute approximate surface area is 360 Å². The lowest BCUT2D eigenvalue weighted by molar-refractivity contribution is 0.629. The number of anilines is 5. The number of hydrogen-bond donors (Lipinski definition) is 0. The van der Waals surface area contributed by atoms with E-state index in [-0.39, 0.29) is 11.6 Å². The summed E-state index contributed by atoms with van der Waals surface area (Å²) in [6, 6.07) is 66.5. The number of para-hydroxylation sites is 3. The van der Waals surface area contributed by atoms with Crippen LogP contribution in [0, 0.1) is 5.82 Å². The molecule has 0 heterocycles. The van der Waals surface area contributed by atoms with E-state index in [0.717, 1.165) is 44.3 Å². The molecule has 0 saturated carbocycles. The van der Waals surface area contributed by atoms with Crippen LogP contribution in [0.5, 0.6) is 0 Å². The molecule has 0 fully saturated rings. The van der Waals surface area contributed by atoms with Gasteiger partial charge in [-0.15, -0.1) is 0 Å². The Morgan fingerprint density at radius 1 is 0.516 bits per heavy atom. The molecule has 2 nitrogen and oxygen atoms in total. The third kappa shape index (κ3) is 5.46. The Morgan fingerprint density at radius 3 is 1.61 bits per heavy atom. The van der Waals surface area contributed by atoms with Gasteiger partial charge in [-0.3, -0.25) is 0 Å². The SMILES string of the molecule is C=C/C=C(\C(F)=C/C)N(c1ccccc1)c1ccc2c3c(ccc2c1)-c1ccc2cc(N(c4ccccc4)c4ccccc4F)ccc2c1C31c2ccccc2-c2ccccc21. The van der Waals surface area contributed by atoms with E-state index in [4.69, 9.17) is 0 Å². The van der Waals surface area contributed by atoms with E-state index in [1.807, 2.05) is 82.6 Å². The van der Waals surface area contributed by atoms with Crippen LogP contribution in [0.2, 0.25) is 0 Å². The molecule has 9 aromatic rings. The maximum absolute atomic E-state index is 15.8. The number of rotatable bonds is 8. The number of benzene rings is 9. The van der Waals surface area contributed by atoms with Crippen molar-refractivity contribution in [1.82, 2.24) is 0 Å². The van der Waals surface area contributed by atoms with Gasteiger partial charge in [-0.2, -0.15) is 0 Å². The third-order valence-corrected chi connectivity index (χ3v) is 12.7. The molecule has 0 bridgehead atoms. The van der Waals surface area contributed by atoms with Gasteiger partial charge < -0.3 is 9.80 Å². The van der Waals surface area contributed by atoms with Gasteiger partial charge in [0.2, 0.25) is 0 Å². The highest BCUT2D eigenvalue weighted by atomic mass is 19.1. The van der Waals surface area contributed by atoms with E-state index in [1.54, 1.807) is 25.1 Å². The van der Waals surface area contributed by atoms with Crippen molar-refractivity contribution < 1.29 is 8.78 Å². The minimum absolute atomic E-state index is 0.291. The second kappa shape index (κ2) is 14.7. The van der Waals surface area contributed by atoms with Gasteiger partial charge in [0.25, 0.3) is 0 Å². The van der Waals surface area contributed by atoms with E-state index in [2.05, 4.69) is 116 Å². The first kappa shape index (κ1) is 37.2. The lowest BCUT2D eigenvalue weighted by Crippen LogP contribution is -2.26. The molecule has 9 aromatic carbocycles. The van der Waals surface area contributed by atoms with Gasteiger partial charge in [0.05, 0.1) is 16.8 Å². The van der Waals surface area contributed by atoms with Gasteiger partial charge in [-0.1, -0.05) is 146 Å². The van der Waals surface area contributed by atoms with Crippen molar-refractivity contribution in [1.29, 1.82) is 0 Å². The van der Waals surface area contributed by atoms with Gasteiger partial charge in [-0.05, 0) is 146 Å². The van der Waals surface area contributed by atoms with Crippen LogP contribution in [-0.2, 0) is 5.41 Å². The lowest BCUT2D eigenvalue weighted by atomic mass is 9.68. The first-order valence-corrected chi connectivity index (χ1v) is 21.0. The molecule has 1 spiro atoms. The molecule has 11 rings (SSSR count). The normalized spacial score (nSPS) is 13.5. The summed E-state index contributed by atoms with van der Waals surface area (Å²) in [5.74, 6) is -0.631. The predicted molar refractivity (Wildman–Crippen MR) is 254 cm³/mol. The minimum atomic E-state index is -0.658. The highest BCUT2D eigenvalue weighted by Crippen LogP contribution is 2.65. The third-order valence-electron chi connectivity index (χ3n) is 12.7. The summed E-state index contributed by atoms with van der Waals surface area (Å²) < 4.78 is 31.5. The van der Waals surface area contributed by atoms with Crippen molar-refractivity contribution >= 4 is 50.0 Å². The fraction of sp³-hybridized carbons (Fsp3) is 0.0345. The molecule has 0 aliphatic heterocycles. The molecule has 62 heavy (non-hydrogen) atoms. The monoisotopic (exact) mass is 802 g/mol. The van der Waals surface area contributed by atoms with Gasteiger partial charge in [-0.25, -0.2) is 8.78 Å². The Kier molecular flexibility index (Phi) is 8.83. The summed E-state index contributed by atoms with van der Waals surface area (Å²) in [6.07, 6.45) is 4.84. The van der Waals surface area contributed by atoms with E-state index in [0.29, 0.717) is 11.4 Å². The average Bonchev–Trinajstić information content (AvgIpc) is 3.80. The van der Waals surface area contributed by atoms with Crippen LogP contribution < -0.4 is 9.80 Å². The fourth-order valence-corrected chi connectivity index (χ4v) is 10.2. The van der Waals surface area contributed by atoms with Crippen LogP contribution in [0.3, 0.4) is 0 Å². The van der Waals surface area contributed by atoms with Crippen molar-refractivity contribution in [2.45, 2.75) is 12.3 Å². The van der Waals surface area contributed by atoms with Gasteiger partial charge >= 0.3 is 0 Å². The number of fused-ring (bicyclic) bond motifs is 14. The van der Waals surface area contributed by atoms with Crippen LogP contribution in [-0.4, -0.2) is 0 Å². The molecule has 0 atom stereocenters. The minimum Gasteiger partial charge on any atom is -0.308 e. The summed E-state index contributed by atoms with van der Waals surface area (Å²) in [5.41, 5.74) is 13.4.